The Morgan fingerprint density at radius 2 is 2.20 bits per heavy atom. The summed E-state index contributed by atoms with van der Waals surface area (Å²) >= 11 is 0. The van der Waals surface area contributed by atoms with Gasteiger partial charge in [0.1, 0.15) is 0 Å². The molecule has 3 nitrogen and oxygen atoms in total. The van der Waals surface area contributed by atoms with E-state index in [1.165, 1.54) is 25.8 Å². The third-order valence-corrected chi connectivity index (χ3v) is 3.35. The Bertz CT molecular complexity index is 164. The molecular weight excluding hydrogens is 188 g/mol. The topological polar surface area (TPSA) is 24.5 Å². The minimum absolute atomic E-state index is 0.750. The zero-order valence-corrected chi connectivity index (χ0v) is 10.5. The molecule has 0 bridgehead atoms. The Hall–Kier alpha value is -0.120. The lowest BCUT2D eigenvalue weighted by atomic mass is 10.0. The summed E-state index contributed by atoms with van der Waals surface area (Å²) in [6, 6.07) is 0.750. The van der Waals surface area contributed by atoms with E-state index in [1.807, 2.05) is 0 Å². The maximum absolute atomic E-state index is 5.09. The number of ether oxygens (including phenoxy) is 1. The Labute approximate surface area is 94.2 Å². The quantitative estimate of drug-likeness (QED) is 0.692. The lowest BCUT2D eigenvalue weighted by molar-refractivity contribution is 0.149. The summed E-state index contributed by atoms with van der Waals surface area (Å²) in [5.41, 5.74) is 0. The molecule has 1 fully saturated rings. The highest BCUT2D eigenvalue weighted by Gasteiger charge is 2.26. The first-order valence-electron chi connectivity index (χ1n) is 6.18. The lowest BCUT2D eigenvalue weighted by Crippen LogP contribution is -2.38. The number of hydrogen-bond acceptors (Lipinski definition) is 3. The average molecular weight is 214 g/mol. The van der Waals surface area contributed by atoms with Crippen molar-refractivity contribution < 1.29 is 4.74 Å². The largest absolute Gasteiger partial charge is 0.383 e. The highest BCUT2D eigenvalue weighted by Crippen LogP contribution is 2.26. The van der Waals surface area contributed by atoms with Crippen LogP contribution in [0.5, 0.6) is 0 Å². The van der Waals surface area contributed by atoms with E-state index in [-0.39, 0.29) is 0 Å². The summed E-state index contributed by atoms with van der Waals surface area (Å²) in [4.78, 5) is 2.39. The van der Waals surface area contributed by atoms with E-state index in [0.717, 1.165) is 31.7 Å². The Morgan fingerprint density at radius 3 is 2.87 bits per heavy atom. The van der Waals surface area contributed by atoms with Gasteiger partial charge in [0.25, 0.3) is 0 Å². The molecule has 90 valence electrons. The minimum atomic E-state index is 0.750. The van der Waals surface area contributed by atoms with Crippen molar-refractivity contribution in [1.82, 2.24) is 10.2 Å². The van der Waals surface area contributed by atoms with E-state index in [9.17, 15) is 0 Å². The van der Waals surface area contributed by atoms with Crippen LogP contribution in [0.2, 0.25) is 0 Å². The Balaban J connectivity index is 2.23. The van der Waals surface area contributed by atoms with Crippen LogP contribution in [0.3, 0.4) is 0 Å². The highest BCUT2D eigenvalue weighted by atomic mass is 16.5. The molecule has 3 heteroatoms. The SMILES string of the molecule is CCNC1CCCC1CN(C)CCOC. The zero-order chi connectivity index (χ0) is 11.1. The second-order valence-electron chi connectivity index (χ2n) is 4.61. The maximum Gasteiger partial charge on any atom is 0.0589 e. The number of hydrogen-bond donors (Lipinski definition) is 1. The van der Waals surface area contributed by atoms with Gasteiger partial charge in [-0.25, -0.2) is 0 Å². The van der Waals surface area contributed by atoms with Gasteiger partial charge < -0.3 is 15.0 Å². The van der Waals surface area contributed by atoms with Crippen molar-refractivity contribution in [3.8, 4) is 0 Å². The molecule has 0 radical (unpaired) electrons. The van der Waals surface area contributed by atoms with Crippen LogP contribution in [-0.2, 0) is 4.74 Å². The average Bonchev–Trinajstić information content (AvgIpc) is 2.63. The van der Waals surface area contributed by atoms with Gasteiger partial charge in [0.05, 0.1) is 6.61 Å². The fourth-order valence-electron chi connectivity index (χ4n) is 2.53. The summed E-state index contributed by atoms with van der Waals surface area (Å²) in [7, 11) is 3.96. The van der Waals surface area contributed by atoms with Crippen LogP contribution in [0.4, 0.5) is 0 Å². The van der Waals surface area contributed by atoms with Crippen LogP contribution in [-0.4, -0.2) is 51.3 Å². The summed E-state index contributed by atoms with van der Waals surface area (Å²) in [6.45, 7) is 6.40. The van der Waals surface area contributed by atoms with Gasteiger partial charge in [-0.15, -0.1) is 0 Å². The third kappa shape index (κ3) is 4.49. The molecule has 1 rings (SSSR count). The van der Waals surface area contributed by atoms with E-state index in [0.29, 0.717) is 0 Å². The van der Waals surface area contributed by atoms with Crippen molar-refractivity contribution >= 4 is 0 Å². The molecule has 0 spiro atoms. The molecule has 1 aliphatic rings. The Kier molecular flexibility index (Phi) is 6.22. The predicted octanol–water partition coefficient (Wildman–Crippen LogP) is 1.34. The van der Waals surface area contributed by atoms with Gasteiger partial charge in [0.2, 0.25) is 0 Å². The normalized spacial score (nSPS) is 26.4. The van der Waals surface area contributed by atoms with Gasteiger partial charge in [-0.3, -0.25) is 0 Å². The molecule has 2 atom stereocenters. The fraction of sp³-hybridized carbons (Fsp3) is 1.00. The highest BCUT2D eigenvalue weighted by molar-refractivity contribution is 4.84. The van der Waals surface area contributed by atoms with Gasteiger partial charge in [0.15, 0.2) is 0 Å². The maximum atomic E-state index is 5.09. The van der Waals surface area contributed by atoms with Gasteiger partial charge in [-0.05, 0) is 32.4 Å². The first-order chi connectivity index (χ1) is 7.27. The van der Waals surface area contributed by atoms with Crippen molar-refractivity contribution in [2.24, 2.45) is 5.92 Å². The van der Waals surface area contributed by atoms with Gasteiger partial charge >= 0.3 is 0 Å². The van der Waals surface area contributed by atoms with E-state index >= 15 is 0 Å². The van der Waals surface area contributed by atoms with Crippen molar-refractivity contribution in [2.75, 3.05) is 40.4 Å². The summed E-state index contributed by atoms with van der Waals surface area (Å²) in [5, 5.41) is 3.60. The van der Waals surface area contributed by atoms with E-state index < -0.39 is 0 Å². The standard InChI is InChI=1S/C12H26N2O/c1-4-13-12-7-5-6-11(12)10-14(2)8-9-15-3/h11-13H,4-10H2,1-3H3. The van der Waals surface area contributed by atoms with Crippen molar-refractivity contribution in [2.45, 2.75) is 32.2 Å². The molecule has 0 aromatic rings. The van der Waals surface area contributed by atoms with Crippen LogP contribution in [0.15, 0.2) is 0 Å². The number of likely N-dealkylation sites (N-methyl/N-ethyl adjacent to an activating group) is 1. The molecular formula is C12H26N2O. The van der Waals surface area contributed by atoms with Gasteiger partial charge in [0, 0.05) is 26.2 Å². The molecule has 0 aromatic heterocycles. The van der Waals surface area contributed by atoms with E-state index in [2.05, 4.69) is 24.2 Å². The minimum Gasteiger partial charge on any atom is -0.383 e. The molecule has 0 amide bonds. The second kappa shape index (κ2) is 7.20. The van der Waals surface area contributed by atoms with Crippen LogP contribution in [0.1, 0.15) is 26.2 Å². The first-order valence-corrected chi connectivity index (χ1v) is 6.18. The van der Waals surface area contributed by atoms with Crippen LogP contribution >= 0.6 is 0 Å². The smallest absolute Gasteiger partial charge is 0.0589 e. The first kappa shape index (κ1) is 12.9. The van der Waals surface area contributed by atoms with Gasteiger partial charge in [-0.2, -0.15) is 0 Å². The molecule has 0 heterocycles. The molecule has 1 aliphatic carbocycles. The molecule has 2 unspecified atom stereocenters. The molecule has 1 saturated carbocycles. The number of nitrogens with zero attached hydrogens (tertiary/aromatic N) is 1. The molecule has 0 aromatic carbocycles. The second-order valence-corrected chi connectivity index (χ2v) is 4.61. The molecule has 0 aliphatic heterocycles. The van der Waals surface area contributed by atoms with Crippen LogP contribution in [0.25, 0.3) is 0 Å². The third-order valence-electron chi connectivity index (χ3n) is 3.35. The number of rotatable bonds is 7. The van der Waals surface area contributed by atoms with Crippen LogP contribution < -0.4 is 5.32 Å². The van der Waals surface area contributed by atoms with Crippen molar-refractivity contribution in [3.05, 3.63) is 0 Å². The van der Waals surface area contributed by atoms with E-state index in [4.69, 9.17) is 4.74 Å². The van der Waals surface area contributed by atoms with Crippen molar-refractivity contribution in [3.63, 3.8) is 0 Å². The molecule has 1 N–H and O–H groups in total. The zero-order valence-electron chi connectivity index (χ0n) is 10.5. The summed E-state index contributed by atoms with van der Waals surface area (Å²) in [5.74, 6) is 0.840. The molecule has 15 heavy (non-hydrogen) atoms. The predicted molar refractivity (Wildman–Crippen MR) is 64.2 cm³/mol. The van der Waals surface area contributed by atoms with Gasteiger partial charge in [-0.1, -0.05) is 13.3 Å². The van der Waals surface area contributed by atoms with Crippen LogP contribution in [0, 0.1) is 5.92 Å². The molecule has 0 saturated heterocycles. The van der Waals surface area contributed by atoms with E-state index in [1.54, 1.807) is 7.11 Å². The number of methoxy groups -OCH3 is 1. The lowest BCUT2D eigenvalue weighted by Gasteiger charge is -2.25. The monoisotopic (exact) mass is 214 g/mol. The number of nitrogens with one attached hydrogen (secondary N) is 1. The Morgan fingerprint density at radius 1 is 1.40 bits per heavy atom. The summed E-state index contributed by atoms with van der Waals surface area (Å²) in [6.07, 6.45) is 4.13. The summed E-state index contributed by atoms with van der Waals surface area (Å²) < 4.78 is 5.09. The van der Waals surface area contributed by atoms with Crippen molar-refractivity contribution in [1.29, 1.82) is 0 Å². The fourth-order valence-corrected chi connectivity index (χ4v) is 2.53.